The smallest absolute Gasteiger partial charge is 0.376 e. The lowest BCUT2D eigenvalue weighted by atomic mass is 9.86. The van der Waals surface area contributed by atoms with Gasteiger partial charge in [-0.1, -0.05) is 58.4 Å². The number of benzene rings is 2. The van der Waals surface area contributed by atoms with Gasteiger partial charge >= 0.3 is 6.18 Å². The van der Waals surface area contributed by atoms with Gasteiger partial charge in [-0.3, -0.25) is 4.79 Å². The van der Waals surface area contributed by atoms with Crippen LogP contribution in [-0.4, -0.2) is 17.1 Å². The lowest BCUT2D eigenvalue weighted by molar-refractivity contribution is -0.264. The van der Waals surface area contributed by atoms with Crippen LogP contribution in [0.15, 0.2) is 59.1 Å². The van der Waals surface area contributed by atoms with Crippen molar-refractivity contribution < 1.29 is 23.1 Å². The maximum atomic E-state index is 13.3. The van der Waals surface area contributed by atoms with Crippen molar-refractivity contribution >= 4 is 21.7 Å². The predicted octanol–water partition coefficient (Wildman–Crippen LogP) is 4.47. The van der Waals surface area contributed by atoms with E-state index >= 15 is 0 Å². The molecular formula is C16H12BrF3O2. The predicted molar refractivity (Wildman–Crippen MR) is 79.5 cm³/mol. The minimum atomic E-state index is -4.96. The van der Waals surface area contributed by atoms with Gasteiger partial charge in [-0.05, 0) is 17.7 Å². The van der Waals surface area contributed by atoms with Crippen molar-refractivity contribution in [3.8, 4) is 0 Å². The molecule has 0 saturated carbocycles. The maximum absolute atomic E-state index is 13.3. The van der Waals surface area contributed by atoms with Gasteiger partial charge in [-0.15, -0.1) is 0 Å². The molecule has 0 bridgehead atoms. The summed E-state index contributed by atoms with van der Waals surface area (Å²) >= 11 is 3.18. The summed E-state index contributed by atoms with van der Waals surface area (Å²) in [5.41, 5.74) is -3.45. The average molecular weight is 373 g/mol. The molecule has 116 valence electrons. The van der Waals surface area contributed by atoms with E-state index in [4.69, 9.17) is 0 Å². The SMILES string of the molecule is O=C(CC(O)(c1ccccc1)C(F)(F)F)c1ccc(Br)cc1. The summed E-state index contributed by atoms with van der Waals surface area (Å²) in [4.78, 5) is 12.1. The van der Waals surface area contributed by atoms with Crippen LogP contribution in [0.25, 0.3) is 0 Å². The molecule has 0 fully saturated rings. The fourth-order valence-corrected chi connectivity index (χ4v) is 2.31. The zero-order chi connectivity index (χ0) is 16.4. The molecule has 0 aliphatic carbocycles. The number of Topliss-reactive ketones (excluding diaryl/α,β-unsaturated/α-hetero) is 1. The molecular weight excluding hydrogens is 361 g/mol. The first-order valence-electron chi connectivity index (χ1n) is 6.37. The number of carbonyl (C=O) groups excluding carboxylic acids is 1. The van der Waals surface area contributed by atoms with Crippen molar-refractivity contribution in [2.45, 2.75) is 18.2 Å². The standard InChI is InChI=1S/C16H12BrF3O2/c17-13-8-6-11(7-9-13)14(21)10-15(22,16(18,19)20)12-4-2-1-3-5-12/h1-9,22H,10H2. The van der Waals surface area contributed by atoms with Crippen molar-refractivity contribution in [3.63, 3.8) is 0 Å². The monoisotopic (exact) mass is 372 g/mol. The van der Waals surface area contributed by atoms with Gasteiger partial charge in [-0.2, -0.15) is 13.2 Å². The molecule has 1 N–H and O–H groups in total. The number of hydrogen-bond donors (Lipinski definition) is 1. The summed E-state index contributed by atoms with van der Waals surface area (Å²) in [5.74, 6) is -0.781. The molecule has 0 radical (unpaired) electrons. The molecule has 0 aliphatic heterocycles. The zero-order valence-electron chi connectivity index (χ0n) is 11.3. The van der Waals surface area contributed by atoms with E-state index in [1.165, 1.54) is 30.3 Å². The molecule has 0 aliphatic rings. The van der Waals surface area contributed by atoms with Gasteiger partial charge in [0.2, 0.25) is 0 Å². The number of aliphatic hydroxyl groups is 1. The Hall–Kier alpha value is -1.66. The molecule has 0 amide bonds. The Kier molecular flexibility index (Phi) is 4.72. The van der Waals surface area contributed by atoms with Crippen LogP contribution in [0.4, 0.5) is 13.2 Å². The van der Waals surface area contributed by atoms with E-state index in [1.807, 2.05) is 0 Å². The van der Waals surface area contributed by atoms with Gasteiger partial charge in [0.1, 0.15) is 0 Å². The van der Waals surface area contributed by atoms with E-state index < -0.39 is 24.0 Å². The molecule has 0 spiro atoms. The second-order valence-corrected chi connectivity index (χ2v) is 5.75. The second-order valence-electron chi connectivity index (χ2n) is 4.83. The number of hydrogen-bond acceptors (Lipinski definition) is 2. The van der Waals surface area contributed by atoms with Gasteiger partial charge in [0, 0.05) is 10.0 Å². The number of carbonyl (C=O) groups is 1. The van der Waals surface area contributed by atoms with Crippen LogP contribution in [0.1, 0.15) is 22.3 Å². The highest BCUT2D eigenvalue weighted by Crippen LogP contribution is 2.42. The van der Waals surface area contributed by atoms with Gasteiger partial charge in [0.25, 0.3) is 0 Å². The van der Waals surface area contributed by atoms with Crippen LogP contribution in [0.3, 0.4) is 0 Å². The fourth-order valence-electron chi connectivity index (χ4n) is 2.05. The van der Waals surface area contributed by atoms with Crippen LogP contribution < -0.4 is 0 Å². The van der Waals surface area contributed by atoms with E-state index in [0.29, 0.717) is 4.47 Å². The van der Waals surface area contributed by atoms with Crippen LogP contribution in [0, 0.1) is 0 Å². The van der Waals surface area contributed by atoms with Crippen molar-refractivity contribution in [3.05, 3.63) is 70.2 Å². The van der Waals surface area contributed by atoms with Gasteiger partial charge in [0.05, 0.1) is 6.42 Å². The van der Waals surface area contributed by atoms with Crippen LogP contribution >= 0.6 is 15.9 Å². The first-order chi connectivity index (χ1) is 10.2. The number of alkyl halides is 3. The number of rotatable bonds is 4. The van der Waals surface area contributed by atoms with E-state index in [-0.39, 0.29) is 11.1 Å². The minimum Gasteiger partial charge on any atom is -0.376 e. The molecule has 2 nitrogen and oxygen atoms in total. The molecule has 0 aromatic heterocycles. The Bertz CT molecular complexity index is 653. The van der Waals surface area contributed by atoms with Crippen molar-refractivity contribution in [2.24, 2.45) is 0 Å². The third-order valence-electron chi connectivity index (χ3n) is 3.30. The Morgan fingerprint density at radius 3 is 2.05 bits per heavy atom. The van der Waals surface area contributed by atoms with E-state index in [2.05, 4.69) is 15.9 Å². The summed E-state index contributed by atoms with van der Waals surface area (Å²) in [6.07, 6.45) is -6.03. The van der Waals surface area contributed by atoms with Crippen LogP contribution in [0.5, 0.6) is 0 Å². The van der Waals surface area contributed by atoms with Crippen molar-refractivity contribution in [1.29, 1.82) is 0 Å². The molecule has 22 heavy (non-hydrogen) atoms. The summed E-state index contributed by atoms with van der Waals surface area (Å²) in [7, 11) is 0. The average Bonchev–Trinajstić information content (AvgIpc) is 2.47. The Morgan fingerprint density at radius 2 is 1.55 bits per heavy atom. The molecule has 2 rings (SSSR count). The largest absolute Gasteiger partial charge is 0.421 e. The Labute approximate surface area is 133 Å². The highest BCUT2D eigenvalue weighted by atomic mass is 79.9. The fraction of sp³-hybridized carbons (Fsp3) is 0.188. The highest BCUT2D eigenvalue weighted by Gasteiger charge is 2.55. The quantitative estimate of drug-likeness (QED) is 0.803. The van der Waals surface area contributed by atoms with Gasteiger partial charge < -0.3 is 5.11 Å². The molecule has 1 atom stereocenters. The van der Waals surface area contributed by atoms with Crippen LogP contribution in [-0.2, 0) is 5.60 Å². The third kappa shape index (κ3) is 3.39. The lowest BCUT2D eigenvalue weighted by Gasteiger charge is -2.30. The molecule has 0 heterocycles. The summed E-state index contributed by atoms with van der Waals surface area (Å²) < 4.78 is 40.7. The molecule has 1 unspecified atom stereocenters. The second kappa shape index (κ2) is 6.22. The summed E-state index contributed by atoms with van der Waals surface area (Å²) in [5, 5.41) is 10.2. The van der Waals surface area contributed by atoms with Crippen molar-refractivity contribution in [2.75, 3.05) is 0 Å². The Balaban J connectivity index is 2.36. The lowest BCUT2D eigenvalue weighted by Crippen LogP contribution is -2.44. The van der Waals surface area contributed by atoms with Crippen LogP contribution in [0.2, 0.25) is 0 Å². The summed E-state index contributed by atoms with van der Waals surface area (Å²) in [6.45, 7) is 0. The topological polar surface area (TPSA) is 37.3 Å². The number of halogens is 4. The number of ketones is 1. The summed E-state index contributed by atoms with van der Waals surface area (Å²) in [6, 6.07) is 12.6. The van der Waals surface area contributed by atoms with Gasteiger partial charge in [0.15, 0.2) is 11.4 Å². The minimum absolute atomic E-state index is 0.113. The molecule has 0 saturated heterocycles. The Morgan fingerprint density at radius 1 is 1.00 bits per heavy atom. The van der Waals surface area contributed by atoms with E-state index in [1.54, 1.807) is 12.1 Å². The first-order valence-corrected chi connectivity index (χ1v) is 7.17. The normalized spacial score (nSPS) is 14.4. The van der Waals surface area contributed by atoms with E-state index in [9.17, 15) is 23.1 Å². The van der Waals surface area contributed by atoms with E-state index in [0.717, 1.165) is 12.1 Å². The highest BCUT2D eigenvalue weighted by molar-refractivity contribution is 9.10. The first kappa shape index (κ1) is 16.7. The third-order valence-corrected chi connectivity index (χ3v) is 3.83. The maximum Gasteiger partial charge on any atom is 0.421 e. The molecule has 6 heteroatoms. The van der Waals surface area contributed by atoms with Crippen molar-refractivity contribution in [1.82, 2.24) is 0 Å². The van der Waals surface area contributed by atoms with Gasteiger partial charge in [-0.25, -0.2) is 0 Å². The molecule has 2 aromatic rings. The molecule has 2 aromatic carbocycles. The zero-order valence-corrected chi connectivity index (χ0v) is 12.9.